The first-order valence-electron chi connectivity index (χ1n) is 12.2. The fourth-order valence-electron chi connectivity index (χ4n) is 4.25. The highest BCUT2D eigenvalue weighted by Gasteiger charge is 2.37. The maximum absolute atomic E-state index is 13.4. The lowest BCUT2D eigenvalue weighted by molar-refractivity contribution is -0.143. The van der Waals surface area contributed by atoms with E-state index in [4.69, 9.17) is 30.5 Å². The summed E-state index contributed by atoms with van der Waals surface area (Å²) in [5, 5.41) is 0.656. The number of rotatable bonds is 7. The number of alkyl halides is 6. The lowest BCUT2D eigenvalue weighted by Crippen LogP contribution is -2.12. The Balaban J connectivity index is 1.82. The zero-order valence-electron chi connectivity index (χ0n) is 22.2. The normalized spacial score (nSPS) is 11.9. The highest BCUT2D eigenvalue weighted by atomic mass is 35.5. The first-order valence-corrected chi connectivity index (χ1v) is 12.6. The Morgan fingerprint density at radius 1 is 0.857 bits per heavy atom. The number of ether oxygens (including phenoxy) is 4. The van der Waals surface area contributed by atoms with Gasteiger partial charge in [0, 0.05) is 22.7 Å². The average Bonchev–Trinajstić information content (AvgIpc) is 2.92. The standard InChI is InChI=1S/C29H22ClF6NO5/c1-4-40-27(38)42-14-41-26-21-12-22(30)24(39-3)13-23(21)37-15(2)25(26)17-7-5-16(6-8-17)18-9-19(28(31,32)33)11-20(10-18)29(34,35)36/h5-13H,4,14H2,1-3H3. The molecule has 13 heteroatoms. The summed E-state index contributed by atoms with van der Waals surface area (Å²) >= 11 is 6.34. The van der Waals surface area contributed by atoms with Gasteiger partial charge in [-0.2, -0.15) is 26.3 Å². The predicted molar refractivity (Wildman–Crippen MR) is 143 cm³/mol. The third kappa shape index (κ3) is 6.64. The van der Waals surface area contributed by atoms with Gasteiger partial charge in [-0.1, -0.05) is 35.9 Å². The molecule has 0 saturated heterocycles. The number of hydrogen-bond donors (Lipinski definition) is 0. The molecule has 0 saturated carbocycles. The van der Waals surface area contributed by atoms with Crippen molar-refractivity contribution in [1.82, 2.24) is 4.98 Å². The van der Waals surface area contributed by atoms with Gasteiger partial charge in [0.15, 0.2) is 0 Å². The number of aromatic nitrogens is 1. The second kappa shape index (κ2) is 12.0. The van der Waals surface area contributed by atoms with Crippen molar-refractivity contribution in [2.45, 2.75) is 26.2 Å². The second-order valence-electron chi connectivity index (χ2n) is 8.87. The summed E-state index contributed by atoms with van der Waals surface area (Å²) in [6.45, 7) is 2.81. The Bertz CT molecular complexity index is 1590. The maximum atomic E-state index is 13.4. The number of halogens is 7. The number of benzene rings is 3. The number of aryl methyl sites for hydroxylation is 1. The topological polar surface area (TPSA) is 66.9 Å². The molecule has 0 radical (unpaired) electrons. The molecule has 4 aromatic rings. The SMILES string of the molecule is CCOC(=O)OCOc1c(-c2ccc(-c3cc(C(F)(F)F)cc(C(F)(F)F)c3)cc2)c(C)nc2cc(OC)c(Cl)cc12. The van der Waals surface area contributed by atoms with Crippen molar-refractivity contribution in [3.63, 3.8) is 0 Å². The molecule has 3 aromatic carbocycles. The summed E-state index contributed by atoms with van der Waals surface area (Å²) in [5.41, 5.74) is -1.23. The van der Waals surface area contributed by atoms with E-state index in [2.05, 4.69) is 4.98 Å². The summed E-state index contributed by atoms with van der Waals surface area (Å²) < 4.78 is 101. The van der Waals surface area contributed by atoms with Gasteiger partial charge in [0.25, 0.3) is 0 Å². The minimum Gasteiger partial charge on any atom is -0.495 e. The van der Waals surface area contributed by atoms with Crippen LogP contribution in [0.4, 0.5) is 31.1 Å². The first-order chi connectivity index (χ1) is 19.7. The van der Waals surface area contributed by atoms with Gasteiger partial charge in [0.2, 0.25) is 6.79 Å². The number of hydrogen-bond acceptors (Lipinski definition) is 6. The van der Waals surface area contributed by atoms with Crippen LogP contribution in [0.3, 0.4) is 0 Å². The van der Waals surface area contributed by atoms with E-state index in [-0.39, 0.29) is 34.6 Å². The van der Waals surface area contributed by atoms with Crippen LogP contribution >= 0.6 is 11.6 Å². The van der Waals surface area contributed by atoms with E-state index in [1.807, 2.05) is 0 Å². The predicted octanol–water partition coefficient (Wildman–Crippen LogP) is 9.09. The van der Waals surface area contributed by atoms with E-state index in [9.17, 15) is 31.1 Å². The Morgan fingerprint density at radius 2 is 1.45 bits per heavy atom. The molecule has 6 nitrogen and oxygen atoms in total. The van der Waals surface area contributed by atoms with Crippen LogP contribution in [0.15, 0.2) is 54.6 Å². The number of fused-ring (bicyclic) bond motifs is 1. The van der Waals surface area contributed by atoms with Gasteiger partial charge < -0.3 is 18.9 Å². The van der Waals surface area contributed by atoms with Crippen LogP contribution in [0.1, 0.15) is 23.7 Å². The molecule has 0 aliphatic carbocycles. The number of pyridine rings is 1. The summed E-state index contributed by atoms with van der Waals surface area (Å²) in [6, 6.07) is 10.3. The molecule has 0 bridgehead atoms. The van der Waals surface area contributed by atoms with Crippen LogP contribution < -0.4 is 9.47 Å². The second-order valence-corrected chi connectivity index (χ2v) is 9.27. The molecule has 0 N–H and O–H groups in total. The minimum absolute atomic E-state index is 0.0735. The molecule has 222 valence electrons. The summed E-state index contributed by atoms with van der Waals surface area (Å²) in [4.78, 5) is 16.3. The summed E-state index contributed by atoms with van der Waals surface area (Å²) in [5.74, 6) is 0.554. The van der Waals surface area contributed by atoms with Gasteiger partial charge in [-0.3, -0.25) is 4.98 Å². The Hall–Kier alpha value is -4.19. The molecule has 42 heavy (non-hydrogen) atoms. The molecule has 4 rings (SSSR count). The van der Waals surface area contributed by atoms with Crippen molar-refractivity contribution in [2.75, 3.05) is 20.5 Å². The van der Waals surface area contributed by atoms with Gasteiger partial charge in [0.05, 0.1) is 35.4 Å². The van der Waals surface area contributed by atoms with E-state index in [0.29, 0.717) is 45.6 Å². The number of methoxy groups -OCH3 is 1. The highest BCUT2D eigenvalue weighted by Crippen LogP contribution is 2.43. The lowest BCUT2D eigenvalue weighted by Gasteiger charge is -2.18. The molecule has 0 aliphatic rings. The van der Waals surface area contributed by atoms with Crippen molar-refractivity contribution < 1.29 is 50.1 Å². The van der Waals surface area contributed by atoms with Crippen LogP contribution in [-0.2, 0) is 21.8 Å². The van der Waals surface area contributed by atoms with E-state index in [1.165, 1.54) is 31.4 Å². The maximum Gasteiger partial charge on any atom is 0.511 e. The third-order valence-corrected chi connectivity index (χ3v) is 6.42. The van der Waals surface area contributed by atoms with Crippen LogP contribution in [0.2, 0.25) is 5.02 Å². The van der Waals surface area contributed by atoms with Gasteiger partial charge in [-0.25, -0.2) is 4.79 Å². The van der Waals surface area contributed by atoms with E-state index < -0.39 is 36.4 Å². The molecular weight excluding hydrogens is 592 g/mol. The van der Waals surface area contributed by atoms with E-state index in [1.54, 1.807) is 26.0 Å². The molecule has 0 fully saturated rings. The fraction of sp³-hybridized carbons (Fsp3) is 0.241. The first kappa shape index (κ1) is 30.8. The summed E-state index contributed by atoms with van der Waals surface area (Å²) in [6.07, 6.45) is -10.9. The molecule has 1 heterocycles. The Kier molecular flexibility index (Phi) is 8.76. The average molecular weight is 614 g/mol. The van der Waals surface area contributed by atoms with E-state index in [0.717, 1.165) is 0 Å². The van der Waals surface area contributed by atoms with Crippen molar-refractivity contribution in [3.05, 3.63) is 76.4 Å². The Labute approximate surface area is 240 Å². The highest BCUT2D eigenvalue weighted by molar-refractivity contribution is 6.33. The molecule has 0 unspecified atom stereocenters. The Morgan fingerprint density at radius 3 is 2.00 bits per heavy atom. The zero-order valence-corrected chi connectivity index (χ0v) is 23.0. The largest absolute Gasteiger partial charge is 0.511 e. The molecule has 0 spiro atoms. The van der Waals surface area contributed by atoms with Crippen molar-refractivity contribution in [3.8, 4) is 33.8 Å². The van der Waals surface area contributed by atoms with Gasteiger partial charge in [-0.05, 0) is 54.8 Å². The molecule has 1 aromatic heterocycles. The molecular formula is C29H22ClF6NO5. The quantitative estimate of drug-likeness (QED) is 0.118. The lowest BCUT2D eigenvalue weighted by atomic mass is 9.95. The van der Waals surface area contributed by atoms with Gasteiger partial charge >= 0.3 is 18.5 Å². The number of nitrogens with zero attached hydrogens (tertiary/aromatic N) is 1. The minimum atomic E-state index is -4.98. The third-order valence-electron chi connectivity index (χ3n) is 6.13. The summed E-state index contributed by atoms with van der Waals surface area (Å²) in [7, 11) is 1.43. The van der Waals surface area contributed by atoms with Crippen LogP contribution in [-0.4, -0.2) is 31.6 Å². The van der Waals surface area contributed by atoms with Gasteiger partial charge in [-0.15, -0.1) is 0 Å². The van der Waals surface area contributed by atoms with Crippen LogP contribution in [0.5, 0.6) is 11.5 Å². The fourth-order valence-corrected chi connectivity index (χ4v) is 4.49. The smallest absolute Gasteiger partial charge is 0.495 e. The molecule has 0 aliphatic heterocycles. The van der Waals surface area contributed by atoms with E-state index >= 15 is 0 Å². The molecule has 0 amide bonds. The monoisotopic (exact) mass is 613 g/mol. The van der Waals surface area contributed by atoms with Gasteiger partial charge in [0.1, 0.15) is 11.5 Å². The molecule has 0 atom stereocenters. The van der Waals surface area contributed by atoms with Crippen molar-refractivity contribution >= 4 is 28.7 Å². The van der Waals surface area contributed by atoms with Crippen LogP contribution in [0.25, 0.3) is 33.2 Å². The van der Waals surface area contributed by atoms with Crippen LogP contribution in [0, 0.1) is 6.92 Å². The zero-order chi connectivity index (χ0) is 30.8. The van der Waals surface area contributed by atoms with Crippen molar-refractivity contribution in [2.24, 2.45) is 0 Å². The van der Waals surface area contributed by atoms with Crippen molar-refractivity contribution in [1.29, 1.82) is 0 Å². The number of carbonyl (C=O) groups excluding carboxylic acids is 1. The number of carbonyl (C=O) groups is 1.